The van der Waals surface area contributed by atoms with Gasteiger partial charge in [0.25, 0.3) is 0 Å². The van der Waals surface area contributed by atoms with Gasteiger partial charge in [-0.2, -0.15) is 0 Å². The van der Waals surface area contributed by atoms with Gasteiger partial charge >= 0.3 is 0 Å². The lowest BCUT2D eigenvalue weighted by Gasteiger charge is -2.17. The van der Waals surface area contributed by atoms with Crippen molar-refractivity contribution < 1.29 is 4.79 Å². The second-order valence-electron chi connectivity index (χ2n) is 2.58. The molecule has 0 bridgehead atoms. The lowest BCUT2D eigenvalue weighted by molar-refractivity contribution is -0.105. The Bertz CT molecular complexity index is 244. The highest BCUT2D eigenvalue weighted by atomic mass is 16.1. The summed E-state index contributed by atoms with van der Waals surface area (Å²) in [6, 6.07) is 0. The highest BCUT2D eigenvalue weighted by Crippen LogP contribution is 2.10. The van der Waals surface area contributed by atoms with Crippen molar-refractivity contribution in [3.63, 3.8) is 0 Å². The van der Waals surface area contributed by atoms with Crippen molar-refractivity contribution in [3.8, 4) is 0 Å². The fraction of sp³-hybridized carbons (Fsp3) is 0.429. The van der Waals surface area contributed by atoms with E-state index in [2.05, 4.69) is 10.4 Å². The van der Waals surface area contributed by atoms with Gasteiger partial charge in [-0.1, -0.05) is 0 Å². The number of aliphatic imine (C=N–C) groups is 1. The molecule has 2 aliphatic heterocycles. The van der Waals surface area contributed by atoms with E-state index in [-0.39, 0.29) is 0 Å². The predicted octanol–water partition coefficient (Wildman–Crippen LogP) is -0.308. The second-order valence-corrected chi connectivity index (χ2v) is 2.58. The normalized spacial score (nSPS) is 22.4. The van der Waals surface area contributed by atoms with E-state index in [9.17, 15) is 4.79 Å². The quantitative estimate of drug-likeness (QED) is 0.523. The minimum absolute atomic E-state index is 0.539. The molecule has 0 spiro atoms. The number of hydrazine groups is 1. The Hall–Kier alpha value is -1.16. The van der Waals surface area contributed by atoms with Crippen molar-refractivity contribution in [2.45, 2.75) is 6.42 Å². The molecule has 0 saturated carbocycles. The van der Waals surface area contributed by atoms with Crippen LogP contribution in [0.2, 0.25) is 0 Å². The first-order chi connectivity index (χ1) is 5.40. The maximum Gasteiger partial charge on any atom is 0.149 e. The third-order valence-electron chi connectivity index (χ3n) is 1.80. The highest BCUT2D eigenvalue weighted by Gasteiger charge is 2.19. The third-order valence-corrected chi connectivity index (χ3v) is 1.80. The van der Waals surface area contributed by atoms with Gasteiger partial charge in [-0.05, 0) is 0 Å². The number of aldehydes is 1. The molecule has 1 N–H and O–H groups in total. The van der Waals surface area contributed by atoms with E-state index in [1.54, 1.807) is 0 Å². The van der Waals surface area contributed by atoms with Gasteiger partial charge in [0.15, 0.2) is 0 Å². The van der Waals surface area contributed by atoms with Gasteiger partial charge in [-0.3, -0.25) is 14.8 Å². The largest absolute Gasteiger partial charge is 0.298 e. The van der Waals surface area contributed by atoms with E-state index in [1.165, 1.54) is 0 Å². The van der Waals surface area contributed by atoms with Crippen LogP contribution in [-0.2, 0) is 4.79 Å². The third kappa shape index (κ3) is 1.05. The Morgan fingerprint density at radius 3 is 3.45 bits per heavy atom. The van der Waals surface area contributed by atoms with Crippen LogP contribution in [0.5, 0.6) is 0 Å². The molecular weight excluding hydrogens is 142 g/mol. The zero-order valence-corrected chi connectivity index (χ0v) is 6.08. The molecule has 11 heavy (non-hydrogen) atoms. The van der Waals surface area contributed by atoms with Gasteiger partial charge in [-0.15, -0.1) is 0 Å². The molecule has 58 valence electrons. The fourth-order valence-electron chi connectivity index (χ4n) is 1.23. The van der Waals surface area contributed by atoms with Crippen LogP contribution in [-0.4, -0.2) is 30.2 Å². The summed E-state index contributed by atoms with van der Waals surface area (Å²) >= 11 is 0. The van der Waals surface area contributed by atoms with E-state index >= 15 is 0 Å². The van der Waals surface area contributed by atoms with Crippen molar-refractivity contribution in [2.24, 2.45) is 4.99 Å². The molecule has 4 heteroatoms. The van der Waals surface area contributed by atoms with E-state index in [0.29, 0.717) is 6.54 Å². The van der Waals surface area contributed by atoms with Crippen LogP contribution < -0.4 is 5.43 Å². The summed E-state index contributed by atoms with van der Waals surface area (Å²) < 4.78 is 0. The second kappa shape index (κ2) is 2.47. The van der Waals surface area contributed by atoms with Gasteiger partial charge in [0.05, 0.1) is 6.54 Å². The van der Waals surface area contributed by atoms with Crippen LogP contribution in [0.25, 0.3) is 0 Å². The van der Waals surface area contributed by atoms with E-state index < -0.39 is 0 Å². The summed E-state index contributed by atoms with van der Waals surface area (Å²) in [6.45, 7) is 1.46. The summed E-state index contributed by atoms with van der Waals surface area (Å²) in [5, 5.41) is 1.83. The number of rotatable bonds is 1. The fourth-order valence-corrected chi connectivity index (χ4v) is 1.23. The standard InChI is InChI=1S/C7H9N3O/c11-5-6-3-8-7-1-2-9-10(7)4-6/h4-5,9H,1-3H2. The van der Waals surface area contributed by atoms with Gasteiger partial charge in [0, 0.05) is 24.7 Å². The minimum Gasteiger partial charge on any atom is -0.298 e. The number of carbonyl (C=O) groups is 1. The Morgan fingerprint density at radius 1 is 1.73 bits per heavy atom. The zero-order valence-electron chi connectivity index (χ0n) is 6.08. The summed E-state index contributed by atoms with van der Waals surface area (Å²) in [5.41, 5.74) is 3.82. The van der Waals surface area contributed by atoms with Gasteiger partial charge < -0.3 is 0 Å². The first kappa shape index (κ1) is 6.54. The number of fused-ring (bicyclic) bond motifs is 1. The number of hydrogen-bond acceptors (Lipinski definition) is 4. The van der Waals surface area contributed by atoms with Crippen molar-refractivity contribution in [2.75, 3.05) is 13.1 Å². The molecule has 0 aromatic carbocycles. The predicted molar refractivity (Wildman–Crippen MR) is 40.9 cm³/mol. The molecular formula is C7H9N3O. The molecule has 2 heterocycles. The molecule has 0 radical (unpaired) electrons. The SMILES string of the molecule is O=CC1=CN2NCCC2=NC1. The molecule has 0 aliphatic carbocycles. The van der Waals surface area contributed by atoms with Crippen LogP contribution in [0.3, 0.4) is 0 Å². The van der Waals surface area contributed by atoms with Gasteiger partial charge in [0.1, 0.15) is 12.1 Å². The summed E-state index contributed by atoms with van der Waals surface area (Å²) in [4.78, 5) is 14.6. The first-order valence-electron chi connectivity index (χ1n) is 3.62. The molecule has 1 saturated heterocycles. The summed E-state index contributed by atoms with van der Waals surface area (Å²) in [5.74, 6) is 1.04. The molecule has 2 aliphatic rings. The first-order valence-corrected chi connectivity index (χ1v) is 3.62. The average Bonchev–Trinajstić information content (AvgIpc) is 2.50. The van der Waals surface area contributed by atoms with Crippen molar-refractivity contribution >= 4 is 12.1 Å². The van der Waals surface area contributed by atoms with Crippen LogP contribution in [0.4, 0.5) is 0 Å². The van der Waals surface area contributed by atoms with E-state index in [0.717, 1.165) is 30.7 Å². The van der Waals surface area contributed by atoms with Crippen LogP contribution >= 0.6 is 0 Å². The topological polar surface area (TPSA) is 44.7 Å². The Labute approximate surface area is 64.6 Å². The van der Waals surface area contributed by atoms with Crippen LogP contribution in [0.1, 0.15) is 6.42 Å². The Kier molecular flexibility index (Phi) is 1.47. The molecule has 0 aromatic heterocycles. The van der Waals surface area contributed by atoms with Crippen LogP contribution in [0.15, 0.2) is 16.8 Å². The number of amidine groups is 1. The molecule has 0 aromatic rings. The minimum atomic E-state index is 0.539. The zero-order chi connectivity index (χ0) is 7.68. The number of hydrogen-bond donors (Lipinski definition) is 1. The molecule has 0 unspecified atom stereocenters. The van der Waals surface area contributed by atoms with E-state index in [1.807, 2.05) is 11.2 Å². The van der Waals surface area contributed by atoms with Crippen molar-refractivity contribution in [1.82, 2.24) is 10.4 Å². The molecule has 2 rings (SSSR count). The molecule has 0 amide bonds. The van der Waals surface area contributed by atoms with Crippen molar-refractivity contribution in [1.29, 1.82) is 0 Å². The monoisotopic (exact) mass is 151 g/mol. The summed E-state index contributed by atoms with van der Waals surface area (Å²) in [6.07, 6.45) is 3.62. The summed E-state index contributed by atoms with van der Waals surface area (Å²) in [7, 11) is 0. The molecule has 1 fully saturated rings. The Balaban J connectivity index is 2.20. The Morgan fingerprint density at radius 2 is 2.64 bits per heavy atom. The lowest BCUT2D eigenvalue weighted by Crippen LogP contribution is -2.32. The van der Waals surface area contributed by atoms with Crippen molar-refractivity contribution in [3.05, 3.63) is 11.8 Å². The number of nitrogens with one attached hydrogen (secondary N) is 1. The van der Waals surface area contributed by atoms with Gasteiger partial charge in [0.2, 0.25) is 0 Å². The lowest BCUT2D eigenvalue weighted by atomic mass is 10.3. The number of carbonyl (C=O) groups excluding carboxylic acids is 1. The maximum absolute atomic E-state index is 10.4. The highest BCUT2D eigenvalue weighted by molar-refractivity contribution is 5.88. The van der Waals surface area contributed by atoms with E-state index in [4.69, 9.17) is 0 Å². The number of nitrogens with zero attached hydrogens (tertiary/aromatic N) is 2. The molecule has 4 nitrogen and oxygen atoms in total. The average molecular weight is 151 g/mol. The maximum atomic E-state index is 10.4. The smallest absolute Gasteiger partial charge is 0.149 e. The van der Waals surface area contributed by atoms with Gasteiger partial charge in [-0.25, -0.2) is 5.43 Å². The molecule has 0 atom stereocenters. The van der Waals surface area contributed by atoms with Crippen LogP contribution in [0, 0.1) is 0 Å².